The van der Waals surface area contributed by atoms with Gasteiger partial charge in [0.25, 0.3) is 0 Å². The van der Waals surface area contributed by atoms with E-state index in [0.29, 0.717) is 19.6 Å². The first-order valence-corrected chi connectivity index (χ1v) is 12.0. The fourth-order valence-corrected chi connectivity index (χ4v) is 4.57. The number of nitrogens with one attached hydrogen (secondary N) is 1. The molecule has 0 aliphatic heterocycles. The maximum Gasteiger partial charge on any atom is 0.220 e. The lowest BCUT2D eigenvalue weighted by molar-refractivity contribution is -0.121. The Balaban J connectivity index is 1.70. The molecule has 1 amide bonds. The molecule has 1 N–H and O–H groups in total. The van der Waals surface area contributed by atoms with Gasteiger partial charge in [0.2, 0.25) is 5.91 Å². The molecule has 1 heterocycles. The van der Waals surface area contributed by atoms with Crippen LogP contribution in [0.3, 0.4) is 0 Å². The summed E-state index contributed by atoms with van der Waals surface area (Å²) in [6, 6.07) is 25.7. The van der Waals surface area contributed by atoms with Gasteiger partial charge in [-0.05, 0) is 43.0 Å². The first kappa shape index (κ1) is 23.8. The van der Waals surface area contributed by atoms with E-state index in [1.807, 2.05) is 0 Å². The molecular weight excluding hydrogens is 420 g/mol. The number of rotatable bonds is 10. The summed E-state index contributed by atoms with van der Waals surface area (Å²) in [4.78, 5) is 13.0. The molecule has 4 heteroatoms. The average molecular weight is 455 g/mol. The summed E-state index contributed by atoms with van der Waals surface area (Å²) in [7, 11) is 1.68. The lowest BCUT2D eigenvalue weighted by Gasteiger charge is -2.18. The molecule has 0 bridgehead atoms. The van der Waals surface area contributed by atoms with Crippen molar-refractivity contribution in [1.82, 2.24) is 9.88 Å². The summed E-state index contributed by atoms with van der Waals surface area (Å²) in [5, 5.41) is 4.28. The molecule has 0 spiro atoms. The van der Waals surface area contributed by atoms with E-state index in [1.165, 1.54) is 38.7 Å². The second-order valence-corrected chi connectivity index (χ2v) is 9.08. The number of carbonyl (C=O) groups excluding carboxylic acids is 1. The fourth-order valence-electron chi connectivity index (χ4n) is 4.57. The van der Waals surface area contributed by atoms with E-state index in [4.69, 9.17) is 4.74 Å². The summed E-state index contributed by atoms with van der Waals surface area (Å²) < 4.78 is 7.42. The molecule has 0 saturated heterocycles. The van der Waals surface area contributed by atoms with Crippen LogP contribution >= 0.6 is 0 Å². The number of fused-ring (bicyclic) bond motifs is 1. The lowest BCUT2D eigenvalue weighted by Crippen LogP contribution is -2.27. The molecule has 34 heavy (non-hydrogen) atoms. The second-order valence-electron chi connectivity index (χ2n) is 9.08. The van der Waals surface area contributed by atoms with Gasteiger partial charge < -0.3 is 14.6 Å². The van der Waals surface area contributed by atoms with Crippen LogP contribution in [0.25, 0.3) is 10.9 Å². The fraction of sp³-hybridized carbons (Fsp3) is 0.300. The Morgan fingerprint density at radius 2 is 1.76 bits per heavy atom. The van der Waals surface area contributed by atoms with E-state index in [0.717, 1.165) is 13.0 Å². The number of benzene rings is 3. The van der Waals surface area contributed by atoms with E-state index >= 15 is 0 Å². The van der Waals surface area contributed by atoms with Crippen LogP contribution in [0.1, 0.15) is 46.6 Å². The molecular formula is C30H34N2O2. The quantitative estimate of drug-likeness (QED) is 0.300. The third kappa shape index (κ3) is 5.75. The molecule has 176 valence electrons. The van der Waals surface area contributed by atoms with Crippen molar-refractivity contribution in [2.75, 3.05) is 20.3 Å². The van der Waals surface area contributed by atoms with Crippen molar-refractivity contribution in [3.05, 3.63) is 107 Å². The Morgan fingerprint density at radius 3 is 2.53 bits per heavy atom. The highest BCUT2D eigenvalue weighted by molar-refractivity contribution is 5.86. The van der Waals surface area contributed by atoms with Crippen LogP contribution in [0.15, 0.2) is 79.0 Å². The topological polar surface area (TPSA) is 43.3 Å². The van der Waals surface area contributed by atoms with Crippen LogP contribution in [0, 0.1) is 13.8 Å². The van der Waals surface area contributed by atoms with Gasteiger partial charge in [-0.3, -0.25) is 4.79 Å². The first-order chi connectivity index (χ1) is 16.5. The van der Waals surface area contributed by atoms with E-state index < -0.39 is 0 Å². The number of ether oxygens (including phenoxy) is 1. The summed E-state index contributed by atoms with van der Waals surface area (Å²) in [6.07, 6.45) is 3.47. The molecule has 1 atom stereocenters. The van der Waals surface area contributed by atoms with Gasteiger partial charge in [0.05, 0.1) is 0 Å². The molecule has 1 aromatic heterocycles. The zero-order valence-electron chi connectivity index (χ0n) is 20.4. The number of hydrogen-bond donors (Lipinski definition) is 1. The van der Waals surface area contributed by atoms with Crippen LogP contribution in [0.2, 0.25) is 0 Å². The van der Waals surface area contributed by atoms with Gasteiger partial charge in [0, 0.05) is 56.2 Å². The monoisotopic (exact) mass is 454 g/mol. The minimum Gasteiger partial charge on any atom is -0.385 e. The number of nitrogens with zero attached hydrogens (tertiary/aromatic N) is 1. The molecule has 4 aromatic rings. The van der Waals surface area contributed by atoms with Crippen LogP contribution in [-0.2, 0) is 16.1 Å². The molecule has 0 fully saturated rings. The highest BCUT2D eigenvalue weighted by Crippen LogP contribution is 2.35. The maximum absolute atomic E-state index is 13.0. The third-order valence-corrected chi connectivity index (χ3v) is 6.35. The van der Waals surface area contributed by atoms with E-state index in [2.05, 4.69) is 103 Å². The first-order valence-electron chi connectivity index (χ1n) is 12.0. The van der Waals surface area contributed by atoms with Crippen molar-refractivity contribution in [3.63, 3.8) is 0 Å². The number of aryl methyl sites for hydroxylation is 2. The molecule has 3 aromatic carbocycles. The predicted molar refractivity (Wildman–Crippen MR) is 139 cm³/mol. The minimum atomic E-state index is -0.0218. The number of hydrogen-bond acceptors (Lipinski definition) is 2. The summed E-state index contributed by atoms with van der Waals surface area (Å²) >= 11 is 0. The minimum absolute atomic E-state index is 0.0218. The second kappa shape index (κ2) is 11.2. The maximum atomic E-state index is 13.0. The Morgan fingerprint density at radius 1 is 0.971 bits per heavy atom. The van der Waals surface area contributed by atoms with Gasteiger partial charge in [-0.25, -0.2) is 0 Å². The zero-order chi connectivity index (χ0) is 23.9. The average Bonchev–Trinajstić information content (AvgIpc) is 3.20. The Kier molecular flexibility index (Phi) is 7.81. The predicted octanol–water partition coefficient (Wildman–Crippen LogP) is 5.98. The van der Waals surface area contributed by atoms with Crippen LogP contribution in [-0.4, -0.2) is 30.7 Å². The highest BCUT2D eigenvalue weighted by atomic mass is 16.5. The molecule has 0 saturated carbocycles. The molecule has 4 nitrogen and oxygen atoms in total. The molecule has 0 unspecified atom stereocenters. The Bertz CT molecular complexity index is 1240. The summed E-state index contributed by atoms with van der Waals surface area (Å²) in [6.45, 7) is 6.28. The highest BCUT2D eigenvalue weighted by Gasteiger charge is 2.23. The largest absolute Gasteiger partial charge is 0.385 e. The lowest BCUT2D eigenvalue weighted by atomic mass is 9.87. The van der Waals surface area contributed by atoms with Crippen LogP contribution in [0.5, 0.6) is 0 Å². The molecule has 0 aliphatic carbocycles. The normalized spacial score (nSPS) is 12.1. The van der Waals surface area contributed by atoms with Gasteiger partial charge >= 0.3 is 0 Å². The van der Waals surface area contributed by atoms with Gasteiger partial charge in [0.1, 0.15) is 0 Å². The van der Waals surface area contributed by atoms with Gasteiger partial charge in [-0.1, -0.05) is 77.9 Å². The van der Waals surface area contributed by atoms with Crippen molar-refractivity contribution >= 4 is 16.8 Å². The Hall–Kier alpha value is -3.37. The van der Waals surface area contributed by atoms with E-state index in [-0.39, 0.29) is 11.8 Å². The van der Waals surface area contributed by atoms with Crippen molar-refractivity contribution in [2.24, 2.45) is 0 Å². The Labute approximate surface area is 202 Å². The molecule has 0 radical (unpaired) electrons. The summed E-state index contributed by atoms with van der Waals surface area (Å²) in [5.41, 5.74) is 7.28. The van der Waals surface area contributed by atoms with Gasteiger partial charge in [-0.15, -0.1) is 0 Å². The van der Waals surface area contributed by atoms with Crippen molar-refractivity contribution in [3.8, 4) is 0 Å². The molecule has 4 rings (SSSR count). The summed E-state index contributed by atoms with van der Waals surface area (Å²) in [5.74, 6) is 0.0458. The van der Waals surface area contributed by atoms with Crippen molar-refractivity contribution in [1.29, 1.82) is 0 Å². The van der Waals surface area contributed by atoms with Crippen LogP contribution in [0.4, 0.5) is 0 Å². The van der Waals surface area contributed by atoms with E-state index in [1.54, 1.807) is 7.11 Å². The third-order valence-electron chi connectivity index (χ3n) is 6.35. The SMILES string of the molecule is COCCCNC(=O)C[C@H](c1cccc(C)c1)c1cn(Cc2ccc(C)cc2)c2ccccc12. The zero-order valence-corrected chi connectivity index (χ0v) is 20.4. The van der Waals surface area contributed by atoms with E-state index in [9.17, 15) is 4.79 Å². The smallest absolute Gasteiger partial charge is 0.220 e. The van der Waals surface area contributed by atoms with Crippen molar-refractivity contribution < 1.29 is 9.53 Å². The number of amides is 1. The number of aromatic nitrogens is 1. The van der Waals surface area contributed by atoms with Crippen molar-refractivity contribution in [2.45, 2.75) is 39.2 Å². The van der Waals surface area contributed by atoms with Crippen LogP contribution < -0.4 is 5.32 Å². The standard InChI is InChI=1S/C30H34N2O2/c1-22-12-14-24(15-13-22)20-32-21-28(26-10-4-5-11-29(26)32)27(25-9-6-8-23(2)18-25)19-30(33)31-16-7-17-34-3/h4-6,8-15,18,21,27H,7,16-17,19-20H2,1-3H3,(H,31,33)/t27-/m1/s1. The number of para-hydroxylation sites is 1. The molecule has 0 aliphatic rings. The number of methoxy groups -OCH3 is 1. The van der Waals surface area contributed by atoms with Gasteiger partial charge in [-0.2, -0.15) is 0 Å². The number of carbonyl (C=O) groups is 1. The van der Waals surface area contributed by atoms with Gasteiger partial charge in [0.15, 0.2) is 0 Å².